The number of benzene rings is 2. The van der Waals surface area contributed by atoms with Crippen molar-refractivity contribution in [2.45, 2.75) is 32.8 Å². The largest absolute Gasteiger partial charge is 0.481 e. The Morgan fingerprint density at radius 1 is 1.04 bits per heavy atom. The van der Waals surface area contributed by atoms with Crippen LogP contribution in [-0.4, -0.2) is 21.8 Å². The number of amides is 1. The molecule has 5 heteroatoms. The monoisotopic (exact) mass is 349 g/mol. The van der Waals surface area contributed by atoms with Crippen molar-refractivity contribution >= 4 is 11.7 Å². The highest BCUT2D eigenvalue weighted by Crippen LogP contribution is 2.21. The van der Waals surface area contributed by atoms with Crippen molar-refractivity contribution in [1.82, 2.24) is 9.78 Å². The molecule has 134 valence electrons. The summed E-state index contributed by atoms with van der Waals surface area (Å²) in [5, 5.41) is 7.17. The summed E-state index contributed by atoms with van der Waals surface area (Å²) in [7, 11) is 0. The van der Waals surface area contributed by atoms with Gasteiger partial charge in [0.2, 0.25) is 0 Å². The zero-order chi connectivity index (χ0) is 18.5. The SMILES string of the molecule is CC(Oc1cccc(C(C)C)c1)C(=O)Nc1ccn(-c2ccccc2)n1. The van der Waals surface area contributed by atoms with Crippen LogP contribution >= 0.6 is 0 Å². The Kier molecular flexibility index (Phi) is 5.37. The number of anilines is 1. The van der Waals surface area contributed by atoms with E-state index in [-0.39, 0.29) is 5.91 Å². The Hall–Kier alpha value is -3.08. The topological polar surface area (TPSA) is 56.1 Å². The molecule has 0 spiro atoms. The van der Waals surface area contributed by atoms with E-state index in [1.807, 2.05) is 54.7 Å². The van der Waals surface area contributed by atoms with Crippen LogP contribution in [0, 0.1) is 0 Å². The molecule has 26 heavy (non-hydrogen) atoms. The van der Waals surface area contributed by atoms with Crippen LogP contribution in [-0.2, 0) is 4.79 Å². The van der Waals surface area contributed by atoms with Gasteiger partial charge in [0, 0.05) is 12.3 Å². The van der Waals surface area contributed by atoms with Crippen molar-refractivity contribution in [3.8, 4) is 11.4 Å². The van der Waals surface area contributed by atoms with E-state index in [1.54, 1.807) is 17.7 Å². The maximum Gasteiger partial charge on any atom is 0.266 e. The molecule has 0 aliphatic carbocycles. The number of aromatic nitrogens is 2. The lowest BCUT2D eigenvalue weighted by molar-refractivity contribution is -0.122. The van der Waals surface area contributed by atoms with Gasteiger partial charge in [-0.25, -0.2) is 4.68 Å². The lowest BCUT2D eigenvalue weighted by Crippen LogP contribution is -2.30. The molecule has 0 bridgehead atoms. The highest BCUT2D eigenvalue weighted by Gasteiger charge is 2.16. The molecule has 3 aromatic rings. The van der Waals surface area contributed by atoms with E-state index in [0.29, 0.717) is 17.5 Å². The predicted octanol–water partition coefficient (Wildman–Crippen LogP) is 4.40. The average Bonchev–Trinajstić information content (AvgIpc) is 3.11. The van der Waals surface area contributed by atoms with Gasteiger partial charge >= 0.3 is 0 Å². The minimum absolute atomic E-state index is 0.238. The molecular formula is C21H23N3O2. The molecule has 1 unspecified atom stereocenters. The lowest BCUT2D eigenvalue weighted by Gasteiger charge is -2.15. The summed E-state index contributed by atoms with van der Waals surface area (Å²) >= 11 is 0. The molecule has 1 aromatic heterocycles. The highest BCUT2D eigenvalue weighted by atomic mass is 16.5. The molecule has 2 aromatic carbocycles. The van der Waals surface area contributed by atoms with Crippen LogP contribution in [0.25, 0.3) is 5.69 Å². The van der Waals surface area contributed by atoms with Crippen LogP contribution in [0.15, 0.2) is 66.9 Å². The van der Waals surface area contributed by atoms with E-state index in [9.17, 15) is 4.79 Å². The first kappa shape index (κ1) is 17.7. The Balaban J connectivity index is 1.63. The van der Waals surface area contributed by atoms with Gasteiger partial charge in [0.1, 0.15) is 5.75 Å². The quantitative estimate of drug-likeness (QED) is 0.717. The predicted molar refractivity (Wildman–Crippen MR) is 103 cm³/mol. The molecule has 0 fully saturated rings. The molecule has 1 atom stereocenters. The second-order valence-corrected chi connectivity index (χ2v) is 6.46. The minimum atomic E-state index is -0.626. The lowest BCUT2D eigenvalue weighted by atomic mass is 10.0. The zero-order valence-corrected chi connectivity index (χ0v) is 15.2. The Bertz CT molecular complexity index is 872. The summed E-state index contributed by atoms with van der Waals surface area (Å²) in [5.41, 5.74) is 2.11. The van der Waals surface area contributed by atoms with Gasteiger partial charge in [-0.1, -0.05) is 44.2 Å². The molecule has 1 heterocycles. The Morgan fingerprint density at radius 2 is 1.81 bits per heavy atom. The van der Waals surface area contributed by atoms with Crippen molar-refractivity contribution in [2.75, 3.05) is 5.32 Å². The molecule has 0 radical (unpaired) electrons. The summed E-state index contributed by atoms with van der Waals surface area (Å²) < 4.78 is 7.50. The van der Waals surface area contributed by atoms with Crippen molar-refractivity contribution < 1.29 is 9.53 Å². The summed E-state index contributed by atoms with van der Waals surface area (Å²) in [6.45, 7) is 5.97. The maximum absolute atomic E-state index is 12.4. The summed E-state index contributed by atoms with van der Waals surface area (Å²) in [6.07, 6.45) is 1.18. The molecule has 1 amide bonds. The molecule has 0 saturated heterocycles. The summed E-state index contributed by atoms with van der Waals surface area (Å²) in [6, 6.07) is 19.3. The van der Waals surface area contributed by atoms with Crippen LogP contribution in [0.3, 0.4) is 0 Å². The maximum atomic E-state index is 12.4. The number of hydrogen-bond acceptors (Lipinski definition) is 3. The van der Waals surface area contributed by atoms with Crippen LogP contribution < -0.4 is 10.1 Å². The number of hydrogen-bond donors (Lipinski definition) is 1. The second-order valence-electron chi connectivity index (χ2n) is 6.46. The highest BCUT2D eigenvalue weighted by molar-refractivity contribution is 5.93. The van der Waals surface area contributed by atoms with Gasteiger partial charge in [0.25, 0.3) is 5.91 Å². The number of nitrogens with one attached hydrogen (secondary N) is 1. The minimum Gasteiger partial charge on any atom is -0.481 e. The van der Waals surface area contributed by atoms with Crippen LogP contribution in [0.1, 0.15) is 32.3 Å². The fraction of sp³-hybridized carbons (Fsp3) is 0.238. The van der Waals surface area contributed by atoms with Gasteiger partial charge in [0.15, 0.2) is 11.9 Å². The number of carbonyl (C=O) groups is 1. The first-order valence-electron chi connectivity index (χ1n) is 8.71. The Labute approximate surface area is 153 Å². The molecular weight excluding hydrogens is 326 g/mol. The van der Waals surface area contributed by atoms with Crippen molar-refractivity contribution in [2.24, 2.45) is 0 Å². The molecule has 1 N–H and O–H groups in total. The van der Waals surface area contributed by atoms with Crippen LogP contribution in [0.5, 0.6) is 5.75 Å². The summed E-state index contributed by atoms with van der Waals surface area (Å²) in [4.78, 5) is 12.4. The first-order valence-corrected chi connectivity index (χ1v) is 8.71. The third kappa shape index (κ3) is 4.30. The third-order valence-corrected chi connectivity index (χ3v) is 4.07. The average molecular weight is 349 g/mol. The van der Waals surface area contributed by atoms with E-state index < -0.39 is 6.10 Å². The van der Waals surface area contributed by atoms with Gasteiger partial charge in [-0.3, -0.25) is 4.79 Å². The molecule has 0 aliphatic heterocycles. The number of para-hydroxylation sites is 1. The van der Waals surface area contributed by atoms with E-state index in [2.05, 4.69) is 30.3 Å². The molecule has 0 saturated carbocycles. The van der Waals surface area contributed by atoms with E-state index in [1.165, 1.54) is 5.56 Å². The van der Waals surface area contributed by atoms with Crippen molar-refractivity contribution in [1.29, 1.82) is 0 Å². The zero-order valence-electron chi connectivity index (χ0n) is 15.2. The van der Waals surface area contributed by atoms with Gasteiger partial charge < -0.3 is 10.1 Å². The molecule has 5 nitrogen and oxygen atoms in total. The number of carbonyl (C=O) groups excluding carboxylic acids is 1. The smallest absolute Gasteiger partial charge is 0.266 e. The molecule has 3 rings (SSSR count). The third-order valence-electron chi connectivity index (χ3n) is 4.07. The van der Waals surface area contributed by atoms with Gasteiger partial charge in [-0.15, -0.1) is 0 Å². The van der Waals surface area contributed by atoms with E-state index in [4.69, 9.17) is 4.74 Å². The Morgan fingerprint density at radius 3 is 2.54 bits per heavy atom. The van der Waals surface area contributed by atoms with Crippen molar-refractivity contribution in [3.63, 3.8) is 0 Å². The normalized spacial score (nSPS) is 12.0. The van der Waals surface area contributed by atoms with Gasteiger partial charge in [0.05, 0.1) is 5.69 Å². The second kappa shape index (κ2) is 7.87. The number of ether oxygens (including phenoxy) is 1. The fourth-order valence-corrected chi connectivity index (χ4v) is 2.55. The first-order chi connectivity index (χ1) is 12.5. The van der Waals surface area contributed by atoms with Crippen LogP contribution in [0.2, 0.25) is 0 Å². The standard InChI is InChI=1S/C21H23N3O2/c1-15(2)17-8-7-11-19(14-17)26-16(3)21(25)22-20-12-13-24(23-20)18-9-5-4-6-10-18/h4-16H,1-3H3,(H,22,23,25). The number of nitrogens with zero attached hydrogens (tertiary/aromatic N) is 2. The van der Waals surface area contributed by atoms with Crippen LogP contribution in [0.4, 0.5) is 5.82 Å². The molecule has 0 aliphatic rings. The van der Waals surface area contributed by atoms with E-state index >= 15 is 0 Å². The number of rotatable bonds is 6. The van der Waals surface area contributed by atoms with E-state index in [0.717, 1.165) is 5.69 Å². The fourth-order valence-electron chi connectivity index (χ4n) is 2.55. The summed E-state index contributed by atoms with van der Waals surface area (Å²) in [5.74, 6) is 1.35. The van der Waals surface area contributed by atoms with Crippen molar-refractivity contribution in [3.05, 3.63) is 72.4 Å². The van der Waals surface area contributed by atoms with Gasteiger partial charge in [-0.05, 0) is 42.7 Å². The van der Waals surface area contributed by atoms with Gasteiger partial charge in [-0.2, -0.15) is 5.10 Å².